The van der Waals surface area contributed by atoms with E-state index in [-0.39, 0.29) is 5.60 Å². The van der Waals surface area contributed by atoms with Crippen molar-refractivity contribution < 1.29 is 4.74 Å². The van der Waals surface area contributed by atoms with Crippen molar-refractivity contribution in [1.29, 1.82) is 0 Å². The lowest BCUT2D eigenvalue weighted by molar-refractivity contribution is -0.130. The highest BCUT2D eigenvalue weighted by Crippen LogP contribution is 2.28. The molecule has 0 aromatic heterocycles. The summed E-state index contributed by atoms with van der Waals surface area (Å²) in [5.74, 6) is 0.880. The lowest BCUT2D eigenvalue weighted by atomic mass is 9.83. The monoisotopic (exact) mass is 282 g/mol. The fraction of sp³-hybridized carbons (Fsp3) is 1.00. The van der Waals surface area contributed by atoms with Crippen molar-refractivity contribution in [1.82, 2.24) is 10.2 Å². The summed E-state index contributed by atoms with van der Waals surface area (Å²) in [6.45, 7) is 13.3. The van der Waals surface area contributed by atoms with Gasteiger partial charge in [0.05, 0.1) is 11.7 Å². The number of morpholine rings is 1. The Hall–Kier alpha value is -0.120. The first-order valence-corrected chi connectivity index (χ1v) is 8.64. The summed E-state index contributed by atoms with van der Waals surface area (Å²) in [6.07, 6.45) is 7.49. The van der Waals surface area contributed by atoms with Gasteiger partial charge in [-0.1, -0.05) is 26.2 Å². The largest absolute Gasteiger partial charge is 0.370 e. The molecule has 3 nitrogen and oxygen atoms in total. The highest BCUT2D eigenvalue weighted by molar-refractivity contribution is 4.87. The molecule has 2 fully saturated rings. The average Bonchev–Trinajstić information content (AvgIpc) is 2.37. The molecule has 2 aliphatic rings. The lowest BCUT2D eigenvalue weighted by Crippen LogP contribution is -2.56. The van der Waals surface area contributed by atoms with Crippen LogP contribution in [0.15, 0.2) is 0 Å². The van der Waals surface area contributed by atoms with E-state index in [1.54, 1.807) is 0 Å². The molecule has 0 bridgehead atoms. The van der Waals surface area contributed by atoms with E-state index in [0.29, 0.717) is 12.1 Å². The molecule has 3 heteroatoms. The van der Waals surface area contributed by atoms with Gasteiger partial charge in [0.15, 0.2) is 0 Å². The van der Waals surface area contributed by atoms with Gasteiger partial charge in [-0.3, -0.25) is 4.90 Å². The van der Waals surface area contributed by atoms with E-state index in [4.69, 9.17) is 4.74 Å². The second-order valence-corrected chi connectivity index (χ2v) is 7.44. The quantitative estimate of drug-likeness (QED) is 0.839. The minimum atomic E-state index is 0.000988. The van der Waals surface area contributed by atoms with Crippen molar-refractivity contribution in [3.8, 4) is 0 Å². The van der Waals surface area contributed by atoms with Crippen LogP contribution in [0.25, 0.3) is 0 Å². The molecule has 1 aliphatic carbocycles. The molecule has 2 unspecified atom stereocenters. The van der Waals surface area contributed by atoms with Crippen LogP contribution in [0.1, 0.15) is 59.8 Å². The first-order valence-electron chi connectivity index (χ1n) is 8.64. The van der Waals surface area contributed by atoms with Crippen LogP contribution in [-0.2, 0) is 4.74 Å². The summed E-state index contributed by atoms with van der Waals surface area (Å²) in [5.41, 5.74) is 0.000988. The maximum Gasteiger partial charge on any atom is 0.0757 e. The number of hydrogen-bond donors (Lipinski definition) is 1. The van der Waals surface area contributed by atoms with Gasteiger partial charge in [0.1, 0.15) is 0 Å². The third-order valence-electron chi connectivity index (χ3n) is 4.78. The van der Waals surface area contributed by atoms with Gasteiger partial charge < -0.3 is 10.1 Å². The molecular formula is C17H34N2O. The molecule has 20 heavy (non-hydrogen) atoms. The van der Waals surface area contributed by atoms with Crippen molar-refractivity contribution in [2.75, 3.05) is 26.2 Å². The Morgan fingerprint density at radius 1 is 1.25 bits per heavy atom. The number of ether oxygens (including phenoxy) is 1. The summed E-state index contributed by atoms with van der Waals surface area (Å²) < 4.78 is 6.03. The first-order chi connectivity index (χ1) is 9.50. The molecule has 0 spiro atoms. The van der Waals surface area contributed by atoms with E-state index in [2.05, 4.69) is 37.9 Å². The van der Waals surface area contributed by atoms with Crippen LogP contribution in [0, 0.1) is 5.92 Å². The maximum atomic E-state index is 6.03. The maximum absolute atomic E-state index is 6.03. The van der Waals surface area contributed by atoms with Crippen LogP contribution < -0.4 is 5.32 Å². The molecule has 0 radical (unpaired) electrons. The Bertz CT molecular complexity index is 287. The number of nitrogens with zero attached hydrogens (tertiary/aromatic N) is 1. The molecule has 1 N–H and O–H groups in total. The Balaban J connectivity index is 1.92. The third kappa shape index (κ3) is 4.71. The van der Waals surface area contributed by atoms with Crippen molar-refractivity contribution in [3.63, 3.8) is 0 Å². The first kappa shape index (κ1) is 16.3. The number of hydrogen-bond acceptors (Lipinski definition) is 3. The third-order valence-corrected chi connectivity index (χ3v) is 4.78. The molecule has 1 saturated carbocycles. The normalized spacial score (nSPS) is 30.3. The SMILES string of the molecule is CCNC(CN1CC(C)OC(C)(C)C1)C1CCCCC1. The van der Waals surface area contributed by atoms with Crippen molar-refractivity contribution >= 4 is 0 Å². The molecule has 2 rings (SSSR count). The summed E-state index contributed by atoms with van der Waals surface area (Å²) in [4.78, 5) is 2.62. The molecular weight excluding hydrogens is 248 g/mol. The van der Waals surface area contributed by atoms with E-state index in [9.17, 15) is 0 Å². The zero-order chi connectivity index (χ0) is 14.6. The zero-order valence-electron chi connectivity index (χ0n) is 14.0. The Morgan fingerprint density at radius 3 is 2.55 bits per heavy atom. The standard InChI is InChI=1S/C17H34N2O/c1-5-18-16(15-9-7-6-8-10-15)12-19-11-14(2)20-17(3,4)13-19/h14-16,18H,5-13H2,1-4H3. The number of likely N-dealkylation sites (N-methyl/N-ethyl adjacent to an activating group) is 1. The molecule has 2 atom stereocenters. The minimum absolute atomic E-state index is 0.000988. The molecule has 1 aliphatic heterocycles. The van der Waals surface area contributed by atoms with E-state index < -0.39 is 0 Å². The van der Waals surface area contributed by atoms with Gasteiger partial charge in [0.2, 0.25) is 0 Å². The lowest BCUT2D eigenvalue weighted by Gasteiger charge is -2.44. The van der Waals surface area contributed by atoms with E-state index in [0.717, 1.165) is 25.6 Å². The Morgan fingerprint density at radius 2 is 1.95 bits per heavy atom. The molecule has 118 valence electrons. The van der Waals surface area contributed by atoms with Crippen LogP contribution >= 0.6 is 0 Å². The van der Waals surface area contributed by atoms with Gasteiger partial charge in [-0.2, -0.15) is 0 Å². The predicted molar refractivity (Wildman–Crippen MR) is 85.1 cm³/mol. The van der Waals surface area contributed by atoms with Gasteiger partial charge >= 0.3 is 0 Å². The van der Waals surface area contributed by atoms with Gasteiger partial charge in [0.25, 0.3) is 0 Å². The van der Waals surface area contributed by atoms with Crippen LogP contribution in [-0.4, -0.2) is 48.8 Å². The summed E-state index contributed by atoms with van der Waals surface area (Å²) >= 11 is 0. The molecule has 0 amide bonds. The fourth-order valence-corrected chi connectivity index (χ4v) is 4.18. The van der Waals surface area contributed by atoms with Gasteiger partial charge in [0, 0.05) is 25.7 Å². The highest BCUT2D eigenvalue weighted by Gasteiger charge is 2.33. The van der Waals surface area contributed by atoms with E-state index >= 15 is 0 Å². The van der Waals surface area contributed by atoms with E-state index in [1.807, 2.05) is 0 Å². The number of rotatable bonds is 5. The summed E-state index contributed by atoms with van der Waals surface area (Å²) in [7, 11) is 0. The Kier molecular flexibility index (Phi) is 5.88. The van der Waals surface area contributed by atoms with Crippen LogP contribution in [0.5, 0.6) is 0 Å². The van der Waals surface area contributed by atoms with Crippen molar-refractivity contribution in [2.45, 2.75) is 77.5 Å². The average molecular weight is 282 g/mol. The van der Waals surface area contributed by atoms with Crippen LogP contribution in [0.4, 0.5) is 0 Å². The number of nitrogens with one attached hydrogen (secondary N) is 1. The Labute approximate surface area is 125 Å². The van der Waals surface area contributed by atoms with Gasteiger partial charge in [-0.05, 0) is 46.1 Å². The molecule has 0 aromatic carbocycles. The van der Waals surface area contributed by atoms with E-state index in [1.165, 1.54) is 38.6 Å². The van der Waals surface area contributed by atoms with Crippen molar-refractivity contribution in [2.24, 2.45) is 5.92 Å². The topological polar surface area (TPSA) is 24.5 Å². The van der Waals surface area contributed by atoms with Gasteiger partial charge in [-0.15, -0.1) is 0 Å². The molecule has 1 heterocycles. The second kappa shape index (κ2) is 7.24. The van der Waals surface area contributed by atoms with Crippen LogP contribution in [0.3, 0.4) is 0 Å². The smallest absolute Gasteiger partial charge is 0.0757 e. The highest BCUT2D eigenvalue weighted by atomic mass is 16.5. The molecule has 0 aromatic rings. The predicted octanol–water partition coefficient (Wildman–Crippen LogP) is 3.04. The van der Waals surface area contributed by atoms with Gasteiger partial charge in [-0.25, -0.2) is 0 Å². The second-order valence-electron chi connectivity index (χ2n) is 7.44. The zero-order valence-corrected chi connectivity index (χ0v) is 14.0. The minimum Gasteiger partial charge on any atom is -0.370 e. The van der Waals surface area contributed by atoms with Crippen molar-refractivity contribution in [3.05, 3.63) is 0 Å². The van der Waals surface area contributed by atoms with Crippen LogP contribution in [0.2, 0.25) is 0 Å². The summed E-state index contributed by atoms with van der Waals surface area (Å²) in [5, 5.41) is 3.76. The fourth-order valence-electron chi connectivity index (χ4n) is 4.18. The molecule has 1 saturated heterocycles. The summed E-state index contributed by atoms with van der Waals surface area (Å²) in [6, 6.07) is 0.668.